The molecule has 104 valence electrons. The number of nitrogens with one attached hydrogen (secondary N) is 2. The van der Waals surface area contributed by atoms with Gasteiger partial charge in [-0.25, -0.2) is 9.59 Å². The fraction of sp³-hybridized carbons (Fsp3) is 0.818. The molecule has 1 unspecified atom stereocenters. The van der Waals surface area contributed by atoms with Crippen LogP contribution in [0.25, 0.3) is 0 Å². The molecule has 0 radical (unpaired) electrons. The van der Waals surface area contributed by atoms with Gasteiger partial charge in [0.25, 0.3) is 0 Å². The molecule has 7 heteroatoms. The van der Waals surface area contributed by atoms with E-state index >= 15 is 0 Å². The second kappa shape index (κ2) is 7.88. The highest BCUT2D eigenvalue weighted by molar-refractivity contribution is 5.82. The Kier molecular flexibility index (Phi) is 6.45. The number of urea groups is 1. The summed E-state index contributed by atoms with van der Waals surface area (Å²) in [6.07, 6.45) is 4.11. The van der Waals surface area contributed by atoms with Crippen LogP contribution in [0.2, 0.25) is 0 Å². The Morgan fingerprint density at radius 3 is 2.72 bits per heavy atom. The molecule has 0 aromatic carbocycles. The predicted octanol–water partition coefficient (Wildman–Crippen LogP) is -0.310. The second-order valence-electron chi connectivity index (χ2n) is 4.25. The van der Waals surface area contributed by atoms with E-state index in [0.717, 1.165) is 25.9 Å². The Morgan fingerprint density at radius 1 is 1.39 bits per heavy atom. The van der Waals surface area contributed by atoms with Crippen molar-refractivity contribution in [1.29, 1.82) is 0 Å². The highest BCUT2D eigenvalue weighted by Gasteiger charge is 2.19. The first-order valence-corrected chi connectivity index (χ1v) is 6.13. The Morgan fingerprint density at radius 2 is 2.17 bits per heavy atom. The molecule has 1 heterocycles. The van der Waals surface area contributed by atoms with Crippen molar-refractivity contribution in [2.45, 2.75) is 37.8 Å². The van der Waals surface area contributed by atoms with Gasteiger partial charge in [0, 0.05) is 13.2 Å². The summed E-state index contributed by atoms with van der Waals surface area (Å²) in [6, 6.07) is -1.86. The molecule has 1 aliphatic rings. The third kappa shape index (κ3) is 5.33. The van der Waals surface area contributed by atoms with Gasteiger partial charge in [-0.2, -0.15) is 0 Å². The maximum Gasteiger partial charge on any atom is 0.328 e. The average molecular weight is 260 g/mol. The zero-order valence-corrected chi connectivity index (χ0v) is 10.2. The smallest absolute Gasteiger partial charge is 0.328 e. The minimum atomic E-state index is -1.27. The molecule has 0 aromatic rings. The standard InChI is InChI=1S/C11H20N2O5/c14-7-9(10(15)16)13-11(17)12-5-4-8-3-1-2-6-18-8/h8-9,14H,1-7H2,(H,15,16)(H2,12,13,17)/t8?,9-/m1/s1. The number of carboxylic acids is 1. The SMILES string of the molecule is O=C(NCCC1CCCCO1)N[C@H](CO)C(=O)O. The van der Waals surface area contributed by atoms with Gasteiger partial charge in [-0.15, -0.1) is 0 Å². The Balaban J connectivity index is 2.14. The number of rotatable bonds is 6. The molecule has 2 amide bonds. The molecule has 0 saturated carbocycles. The van der Waals surface area contributed by atoms with Gasteiger partial charge in [-0.1, -0.05) is 0 Å². The molecule has 0 aliphatic carbocycles. The van der Waals surface area contributed by atoms with Crippen molar-refractivity contribution in [1.82, 2.24) is 10.6 Å². The summed E-state index contributed by atoms with van der Waals surface area (Å²) >= 11 is 0. The number of aliphatic hydroxyl groups excluding tert-OH is 1. The van der Waals surface area contributed by atoms with Crippen LogP contribution < -0.4 is 10.6 Å². The monoisotopic (exact) mass is 260 g/mol. The van der Waals surface area contributed by atoms with Crippen LogP contribution in [0.15, 0.2) is 0 Å². The van der Waals surface area contributed by atoms with Crippen molar-refractivity contribution in [3.63, 3.8) is 0 Å². The van der Waals surface area contributed by atoms with E-state index in [-0.39, 0.29) is 6.10 Å². The Labute approximate surface area is 106 Å². The lowest BCUT2D eigenvalue weighted by molar-refractivity contribution is -0.140. The maximum atomic E-state index is 11.3. The molecule has 4 N–H and O–H groups in total. The van der Waals surface area contributed by atoms with Crippen molar-refractivity contribution in [2.24, 2.45) is 0 Å². The molecule has 0 aromatic heterocycles. The quantitative estimate of drug-likeness (QED) is 0.524. The fourth-order valence-electron chi connectivity index (χ4n) is 1.78. The van der Waals surface area contributed by atoms with E-state index in [9.17, 15) is 9.59 Å². The molecule has 0 spiro atoms. The van der Waals surface area contributed by atoms with Gasteiger partial charge in [-0.3, -0.25) is 0 Å². The molecule has 1 saturated heterocycles. The summed E-state index contributed by atoms with van der Waals surface area (Å²) in [5, 5.41) is 22.1. The number of aliphatic carboxylic acids is 1. The topological polar surface area (TPSA) is 108 Å². The van der Waals surface area contributed by atoms with Crippen LogP contribution in [0.5, 0.6) is 0 Å². The minimum Gasteiger partial charge on any atom is -0.480 e. The van der Waals surface area contributed by atoms with Gasteiger partial charge in [-0.05, 0) is 25.7 Å². The number of carbonyl (C=O) groups is 2. The molecule has 18 heavy (non-hydrogen) atoms. The molecule has 1 aliphatic heterocycles. The number of aliphatic hydroxyl groups is 1. The van der Waals surface area contributed by atoms with Crippen LogP contribution in [0.3, 0.4) is 0 Å². The number of ether oxygens (including phenoxy) is 1. The first-order valence-electron chi connectivity index (χ1n) is 6.13. The number of carboxylic acid groups (broad SMARTS) is 1. The van der Waals surface area contributed by atoms with E-state index in [4.69, 9.17) is 14.9 Å². The van der Waals surface area contributed by atoms with Gasteiger partial charge >= 0.3 is 12.0 Å². The minimum absolute atomic E-state index is 0.173. The Bertz CT molecular complexity index is 279. The maximum absolute atomic E-state index is 11.3. The molecule has 7 nitrogen and oxygen atoms in total. The highest BCUT2D eigenvalue weighted by atomic mass is 16.5. The molecular formula is C11H20N2O5. The number of carbonyl (C=O) groups excluding carboxylic acids is 1. The van der Waals surface area contributed by atoms with E-state index < -0.39 is 24.6 Å². The normalized spacial score (nSPS) is 21.1. The van der Waals surface area contributed by atoms with Crippen LogP contribution in [0.1, 0.15) is 25.7 Å². The van der Waals surface area contributed by atoms with Crippen LogP contribution in [-0.2, 0) is 9.53 Å². The van der Waals surface area contributed by atoms with E-state index in [1.807, 2.05) is 0 Å². The Hall–Kier alpha value is -1.34. The van der Waals surface area contributed by atoms with E-state index in [1.54, 1.807) is 0 Å². The molecule has 1 fully saturated rings. The summed E-state index contributed by atoms with van der Waals surface area (Å²) in [5.74, 6) is -1.26. The van der Waals surface area contributed by atoms with Crippen LogP contribution >= 0.6 is 0 Å². The fourth-order valence-corrected chi connectivity index (χ4v) is 1.78. The van der Waals surface area contributed by atoms with Gasteiger partial charge in [0.15, 0.2) is 6.04 Å². The lowest BCUT2D eigenvalue weighted by Gasteiger charge is -2.22. The van der Waals surface area contributed by atoms with Crippen LogP contribution in [0.4, 0.5) is 4.79 Å². The lowest BCUT2D eigenvalue weighted by Crippen LogP contribution is -2.48. The van der Waals surface area contributed by atoms with Crippen LogP contribution in [0, 0.1) is 0 Å². The zero-order valence-electron chi connectivity index (χ0n) is 10.2. The number of hydrogen-bond donors (Lipinski definition) is 4. The lowest BCUT2D eigenvalue weighted by atomic mass is 10.1. The van der Waals surface area contributed by atoms with Gasteiger partial charge in [0.05, 0.1) is 12.7 Å². The van der Waals surface area contributed by atoms with Gasteiger partial charge in [0.2, 0.25) is 0 Å². The van der Waals surface area contributed by atoms with Crippen molar-refractivity contribution in [3.05, 3.63) is 0 Å². The van der Waals surface area contributed by atoms with Crippen molar-refractivity contribution < 1.29 is 24.5 Å². The summed E-state index contributed by atoms with van der Waals surface area (Å²) in [4.78, 5) is 21.9. The third-order valence-electron chi connectivity index (χ3n) is 2.81. The van der Waals surface area contributed by atoms with E-state index in [1.165, 1.54) is 0 Å². The van der Waals surface area contributed by atoms with Crippen LogP contribution in [-0.4, -0.2) is 54.1 Å². The first-order chi connectivity index (χ1) is 8.63. The van der Waals surface area contributed by atoms with Crippen molar-refractivity contribution in [2.75, 3.05) is 19.8 Å². The molecule has 1 rings (SSSR count). The largest absolute Gasteiger partial charge is 0.480 e. The zero-order chi connectivity index (χ0) is 13.4. The third-order valence-corrected chi connectivity index (χ3v) is 2.81. The first kappa shape index (κ1) is 14.7. The predicted molar refractivity (Wildman–Crippen MR) is 63.3 cm³/mol. The average Bonchev–Trinajstić information content (AvgIpc) is 2.37. The second-order valence-corrected chi connectivity index (χ2v) is 4.25. The van der Waals surface area contributed by atoms with E-state index in [0.29, 0.717) is 13.0 Å². The summed E-state index contributed by atoms with van der Waals surface area (Å²) in [7, 11) is 0. The van der Waals surface area contributed by atoms with Gasteiger partial charge < -0.3 is 25.6 Å². The summed E-state index contributed by atoms with van der Waals surface area (Å²) in [6.45, 7) is 0.561. The highest BCUT2D eigenvalue weighted by Crippen LogP contribution is 2.14. The number of amides is 2. The van der Waals surface area contributed by atoms with E-state index in [2.05, 4.69) is 10.6 Å². The molecule has 2 atom stereocenters. The molecule has 0 bridgehead atoms. The van der Waals surface area contributed by atoms with Gasteiger partial charge in [0.1, 0.15) is 0 Å². The van der Waals surface area contributed by atoms with Crippen molar-refractivity contribution >= 4 is 12.0 Å². The van der Waals surface area contributed by atoms with Crippen molar-refractivity contribution in [3.8, 4) is 0 Å². The summed E-state index contributed by atoms with van der Waals surface area (Å²) in [5.41, 5.74) is 0. The summed E-state index contributed by atoms with van der Waals surface area (Å²) < 4.78 is 5.49. The molecular weight excluding hydrogens is 240 g/mol. The number of hydrogen-bond acceptors (Lipinski definition) is 4.